The molecule has 0 radical (unpaired) electrons. The molecule has 2 heterocycles. The smallest absolute Gasteiger partial charge is 0.252 e. The van der Waals surface area contributed by atoms with Gasteiger partial charge in [0, 0.05) is 51.1 Å². The molecule has 3 aliphatic rings. The zero-order valence-corrected chi connectivity index (χ0v) is 45.9. The van der Waals surface area contributed by atoms with Gasteiger partial charge >= 0.3 is 0 Å². The van der Waals surface area contributed by atoms with Crippen LogP contribution in [0.15, 0.2) is 200 Å². The largest absolute Gasteiger partial charge is 0.311 e. The van der Waals surface area contributed by atoms with Gasteiger partial charge in [-0.15, -0.1) is 0 Å². The maximum atomic E-state index is 2.67. The number of nitrogens with zero attached hydrogens (tertiary/aromatic N) is 3. The Labute approximate surface area is 447 Å². The van der Waals surface area contributed by atoms with Gasteiger partial charge in [-0.3, -0.25) is 0 Å². The number of aryl methyl sites for hydroxylation is 1. The highest BCUT2D eigenvalue weighted by molar-refractivity contribution is 7.00. The quantitative estimate of drug-likeness (QED) is 0.147. The van der Waals surface area contributed by atoms with Crippen molar-refractivity contribution in [2.75, 3.05) is 14.7 Å². The third-order valence-electron chi connectivity index (χ3n) is 16.9. The molecule has 0 N–H and O–H groups in total. The van der Waals surface area contributed by atoms with Crippen LogP contribution in [0.25, 0.3) is 22.3 Å². The maximum absolute atomic E-state index is 2.67. The number of para-hydroxylation sites is 2. The SMILES string of the molecule is Cc1cc(-c2ccccc2)ccc1N1c2cc3c(cc2B2c4ccc(N(c5ccccc5)c5ccccc5)cc4N(c4ccc(C(C)(C)C)cc4-c4ccccc4)c4cc(C(C)(C)C)cc1c42)C(C)(C)CCC3(C)C. The summed E-state index contributed by atoms with van der Waals surface area (Å²) in [6, 6.07) is 75.8. The Bertz CT molecular complexity index is 3600. The van der Waals surface area contributed by atoms with Crippen molar-refractivity contribution in [3.8, 4) is 22.3 Å². The fourth-order valence-corrected chi connectivity index (χ4v) is 12.5. The van der Waals surface area contributed by atoms with Crippen molar-refractivity contribution >= 4 is 74.3 Å². The van der Waals surface area contributed by atoms with Crippen LogP contribution >= 0.6 is 0 Å². The van der Waals surface area contributed by atoms with Crippen molar-refractivity contribution in [2.24, 2.45) is 0 Å². The zero-order chi connectivity index (χ0) is 52.2. The minimum atomic E-state index is -0.176. The lowest BCUT2D eigenvalue weighted by atomic mass is 9.33. The topological polar surface area (TPSA) is 9.72 Å². The number of rotatable bonds is 7. The minimum absolute atomic E-state index is 0.00973. The van der Waals surface area contributed by atoms with Crippen molar-refractivity contribution < 1.29 is 0 Å². The van der Waals surface area contributed by atoms with Crippen LogP contribution in [0.1, 0.15) is 110 Å². The Morgan fingerprint density at radius 2 is 0.907 bits per heavy atom. The number of anilines is 9. The molecule has 1 aliphatic carbocycles. The van der Waals surface area contributed by atoms with Crippen molar-refractivity contribution in [1.29, 1.82) is 0 Å². The van der Waals surface area contributed by atoms with Crippen LogP contribution in [-0.4, -0.2) is 6.71 Å². The Balaban J connectivity index is 1.22. The summed E-state index contributed by atoms with van der Waals surface area (Å²) in [6.07, 6.45) is 2.29. The fraction of sp³-hybridized carbons (Fsp3) is 0.239. The molecule has 12 rings (SSSR count). The van der Waals surface area contributed by atoms with Gasteiger partial charge in [0.15, 0.2) is 0 Å². The van der Waals surface area contributed by atoms with Crippen LogP contribution in [0.5, 0.6) is 0 Å². The third kappa shape index (κ3) is 8.29. The second-order valence-corrected chi connectivity index (χ2v) is 25.0. The zero-order valence-electron chi connectivity index (χ0n) is 45.9. The molecule has 9 aromatic rings. The first-order valence-corrected chi connectivity index (χ1v) is 27.3. The Morgan fingerprint density at radius 3 is 1.47 bits per heavy atom. The van der Waals surface area contributed by atoms with Gasteiger partial charge in [0.2, 0.25) is 0 Å². The average Bonchev–Trinajstić information content (AvgIpc) is 3.42. The van der Waals surface area contributed by atoms with E-state index in [9.17, 15) is 0 Å². The van der Waals surface area contributed by atoms with E-state index in [1.165, 1.54) is 101 Å². The van der Waals surface area contributed by atoms with E-state index in [2.05, 4.69) is 291 Å². The normalized spacial score (nSPS) is 15.2. The predicted octanol–water partition coefficient (Wildman–Crippen LogP) is 17.8. The summed E-state index contributed by atoms with van der Waals surface area (Å²) in [5.74, 6) is 0. The first kappa shape index (κ1) is 48.4. The summed E-state index contributed by atoms with van der Waals surface area (Å²) < 4.78 is 0. The molecule has 4 heteroatoms. The maximum Gasteiger partial charge on any atom is 0.252 e. The molecule has 2 aliphatic heterocycles. The molecule has 0 saturated heterocycles. The first-order chi connectivity index (χ1) is 35.9. The molecule has 0 atom stereocenters. The number of benzene rings is 9. The molecule has 372 valence electrons. The molecule has 75 heavy (non-hydrogen) atoms. The summed E-state index contributed by atoms with van der Waals surface area (Å²) >= 11 is 0. The van der Waals surface area contributed by atoms with E-state index in [4.69, 9.17) is 0 Å². The second-order valence-electron chi connectivity index (χ2n) is 25.0. The highest BCUT2D eigenvalue weighted by Crippen LogP contribution is 2.53. The van der Waals surface area contributed by atoms with Gasteiger partial charge in [0.05, 0.1) is 5.69 Å². The molecular weight excluding hydrogens is 906 g/mol. The van der Waals surface area contributed by atoms with Crippen LogP contribution in [0.4, 0.5) is 51.2 Å². The van der Waals surface area contributed by atoms with Gasteiger partial charge in [0.1, 0.15) is 0 Å². The molecule has 0 fully saturated rings. The molecule has 0 bridgehead atoms. The van der Waals surface area contributed by atoms with E-state index >= 15 is 0 Å². The van der Waals surface area contributed by atoms with Crippen LogP contribution in [0, 0.1) is 6.92 Å². The molecule has 0 saturated carbocycles. The summed E-state index contributed by atoms with van der Waals surface area (Å²) in [5, 5.41) is 0. The average molecular weight is 976 g/mol. The van der Waals surface area contributed by atoms with Crippen molar-refractivity contribution in [3.63, 3.8) is 0 Å². The van der Waals surface area contributed by atoms with Crippen molar-refractivity contribution in [3.05, 3.63) is 228 Å². The van der Waals surface area contributed by atoms with Crippen LogP contribution in [0.2, 0.25) is 0 Å². The second kappa shape index (κ2) is 17.8. The Morgan fingerprint density at radius 1 is 0.400 bits per heavy atom. The monoisotopic (exact) mass is 976 g/mol. The van der Waals surface area contributed by atoms with Crippen molar-refractivity contribution in [2.45, 2.75) is 111 Å². The van der Waals surface area contributed by atoms with Gasteiger partial charge in [0.25, 0.3) is 6.71 Å². The number of hydrogen-bond donors (Lipinski definition) is 0. The molecule has 0 amide bonds. The molecule has 0 spiro atoms. The predicted molar refractivity (Wildman–Crippen MR) is 323 cm³/mol. The molecule has 9 aromatic carbocycles. The third-order valence-corrected chi connectivity index (χ3v) is 16.9. The molecule has 0 aromatic heterocycles. The number of hydrogen-bond acceptors (Lipinski definition) is 3. The summed E-state index contributed by atoms with van der Waals surface area (Å²) in [4.78, 5) is 7.75. The first-order valence-electron chi connectivity index (χ1n) is 27.3. The van der Waals surface area contributed by atoms with Gasteiger partial charge in [-0.2, -0.15) is 0 Å². The lowest BCUT2D eigenvalue weighted by Crippen LogP contribution is -2.62. The summed E-state index contributed by atoms with van der Waals surface area (Å²) in [6.45, 7) is 26.3. The lowest BCUT2D eigenvalue weighted by molar-refractivity contribution is 0.332. The van der Waals surface area contributed by atoms with Crippen molar-refractivity contribution in [1.82, 2.24) is 0 Å². The van der Waals surface area contributed by atoms with Gasteiger partial charge in [-0.05, 0) is 181 Å². The fourth-order valence-electron chi connectivity index (χ4n) is 12.5. The van der Waals surface area contributed by atoms with E-state index < -0.39 is 0 Å². The minimum Gasteiger partial charge on any atom is -0.311 e. The Kier molecular flexibility index (Phi) is 11.5. The summed E-state index contributed by atoms with van der Waals surface area (Å²) in [5.41, 5.74) is 26.2. The molecule has 0 unspecified atom stereocenters. The Hall–Kier alpha value is -7.56. The van der Waals surface area contributed by atoms with Gasteiger partial charge in [-0.25, -0.2) is 0 Å². The van der Waals surface area contributed by atoms with Crippen LogP contribution < -0.4 is 31.1 Å². The van der Waals surface area contributed by atoms with Crippen LogP contribution in [0.3, 0.4) is 0 Å². The van der Waals surface area contributed by atoms with Gasteiger partial charge < -0.3 is 14.7 Å². The van der Waals surface area contributed by atoms with E-state index in [-0.39, 0.29) is 28.4 Å². The van der Waals surface area contributed by atoms with Gasteiger partial charge in [-0.1, -0.05) is 191 Å². The number of fused-ring (bicyclic) bond motifs is 5. The highest BCUT2D eigenvalue weighted by Gasteiger charge is 2.47. The van der Waals surface area contributed by atoms with E-state index in [0.29, 0.717) is 0 Å². The van der Waals surface area contributed by atoms with Crippen LogP contribution in [-0.2, 0) is 21.7 Å². The molecule has 3 nitrogen and oxygen atoms in total. The summed E-state index contributed by atoms with van der Waals surface area (Å²) in [7, 11) is 0. The van der Waals surface area contributed by atoms with E-state index in [1.807, 2.05) is 0 Å². The molecular formula is C71H70BN3. The van der Waals surface area contributed by atoms with E-state index in [0.717, 1.165) is 29.9 Å². The highest BCUT2D eigenvalue weighted by atomic mass is 15.2. The lowest BCUT2D eigenvalue weighted by Gasteiger charge is -2.48. The standard InChI is InChI=1S/C71H70BN3/c1-47-40-50(48-24-16-12-17-25-48)32-36-61(47)74-64-46-58-57(70(8,9)38-39-71(58,10)11)45-60(64)72-59-35-34-55(73(53-28-20-14-21-29-53)54-30-22-15-23-31-54)44-63(59)75(66-43-52(69(5,6)7)42-65(74)67(66)72)62-37-33-51(68(2,3)4)41-56(62)49-26-18-13-19-27-49/h12-37,40-46H,38-39H2,1-11H3. The van der Waals surface area contributed by atoms with E-state index in [1.54, 1.807) is 0 Å².